The van der Waals surface area contributed by atoms with Crippen molar-refractivity contribution in [1.29, 1.82) is 0 Å². The van der Waals surface area contributed by atoms with Gasteiger partial charge in [0.1, 0.15) is 18.5 Å². The van der Waals surface area contributed by atoms with E-state index in [1.54, 1.807) is 29.3 Å². The smallest absolute Gasteiger partial charge is 0.254 e. The maximum Gasteiger partial charge on any atom is 0.254 e. The van der Waals surface area contributed by atoms with Gasteiger partial charge in [0.15, 0.2) is 5.16 Å². The van der Waals surface area contributed by atoms with Crippen LogP contribution in [0.3, 0.4) is 0 Å². The van der Waals surface area contributed by atoms with Crippen molar-refractivity contribution in [3.8, 4) is 0 Å². The van der Waals surface area contributed by atoms with Gasteiger partial charge in [-0.3, -0.25) is 9.69 Å². The predicted molar refractivity (Wildman–Crippen MR) is 116 cm³/mol. The molecule has 1 fully saturated rings. The minimum atomic E-state index is -0.417. The molecule has 5 nitrogen and oxygen atoms in total. The van der Waals surface area contributed by atoms with Crippen molar-refractivity contribution in [2.75, 3.05) is 17.8 Å². The van der Waals surface area contributed by atoms with Crippen LogP contribution in [0.15, 0.2) is 66.0 Å². The summed E-state index contributed by atoms with van der Waals surface area (Å²) in [7, 11) is 0. The van der Waals surface area contributed by atoms with E-state index in [2.05, 4.69) is 9.97 Å². The third-order valence-electron chi connectivity index (χ3n) is 4.68. The van der Waals surface area contributed by atoms with Gasteiger partial charge in [0.05, 0.1) is 6.04 Å². The molecule has 3 aromatic rings. The number of carbonyl (C=O) groups excluding carboxylic acids is 1. The maximum atomic E-state index is 13.0. The second-order valence-electron chi connectivity index (χ2n) is 6.44. The number of rotatable bonds is 4. The van der Waals surface area contributed by atoms with Crippen LogP contribution in [0, 0.1) is 0 Å². The second-order valence-corrected chi connectivity index (χ2v) is 8.09. The highest BCUT2D eigenvalue weighted by Crippen LogP contribution is 2.42. The molecular formula is C21H17Cl2N3O2S. The molecular weight excluding hydrogens is 429 g/mol. The third-order valence-corrected chi connectivity index (χ3v) is 5.74. The summed E-state index contributed by atoms with van der Waals surface area (Å²) in [6.07, 6.45) is 3.17. The number of hydrogen-bond donors (Lipinski definition) is 0. The molecule has 148 valence electrons. The van der Waals surface area contributed by atoms with Gasteiger partial charge < -0.3 is 4.74 Å². The standard InChI is InChI=1S/C21H17Cl2N3O2S/c1-29-21-24-11-10-17(25-21)26-18(27)12-28-20(14-4-8-16(23)9-5-14)19(26)13-2-6-15(22)7-3-13/h2-11,19-20H,12H2,1H3/t19-,20+/m1/s1. The quantitative estimate of drug-likeness (QED) is 0.400. The molecule has 1 saturated heterocycles. The molecule has 8 heteroatoms. The van der Waals surface area contributed by atoms with Gasteiger partial charge in [0.25, 0.3) is 5.91 Å². The SMILES string of the molecule is CSc1nccc(N2C(=O)CO[C@@H](c3ccc(Cl)cc3)[C@H]2c2ccc(Cl)cc2)n1. The summed E-state index contributed by atoms with van der Waals surface area (Å²) in [5.74, 6) is 0.373. The maximum absolute atomic E-state index is 13.0. The first-order valence-electron chi connectivity index (χ1n) is 8.88. The van der Waals surface area contributed by atoms with Gasteiger partial charge in [-0.25, -0.2) is 9.97 Å². The number of nitrogens with zero attached hydrogens (tertiary/aromatic N) is 3. The molecule has 0 spiro atoms. The van der Waals surface area contributed by atoms with Gasteiger partial charge in [-0.15, -0.1) is 0 Å². The summed E-state index contributed by atoms with van der Waals surface area (Å²) < 4.78 is 6.01. The van der Waals surface area contributed by atoms with E-state index in [1.807, 2.05) is 42.7 Å². The van der Waals surface area contributed by atoms with Crippen LogP contribution in [0.25, 0.3) is 0 Å². The van der Waals surface area contributed by atoms with E-state index in [4.69, 9.17) is 27.9 Å². The molecule has 1 amide bonds. The monoisotopic (exact) mass is 445 g/mol. The minimum absolute atomic E-state index is 0.0456. The Morgan fingerprint density at radius 3 is 2.24 bits per heavy atom. The molecule has 0 bridgehead atoms. The van der Waals surface area contributed by atoms with Gasteiger partial charge in [0.2, 0.25) is 0 Å². The van der Waals surface area contributed by atoms with Crippen LogP contribution in [0.4, 0.5) is 5.82 Å². The van der Waals surface area contributed by atoms with Gasteiger partial charge >= 0.3 is 0 Å². The molecule has 1 aliphatic rings. The molecule has 2 heterocycles. The minimum Gasteiger partial charge on any atom is -0.361 e. The molecule has 0 unspecified atom stereocenters. The first-order chi connectivity index (χ1) is 14.1. The average molecular weight is 446 g/mol. The van der Waals surface area contributed by atoms with E-state index >= 15 is 0 Å². The van der Waals surface area contributed by atoms with Crippen molar-refractivity contribution >= 4 is 46.7 Å². The van der Waals surface area contributed by atoms with E-state index in [-0.39, 0.29) is 18.6 Å². The Morgan fingerprint density at radius 1 is 1.00 bits per heavy atom. The van der Waals surface area contributed by atoms with E-state index in [0.29, 0.717) is 21.0 Å². The molecule has 29 heavy (non-hydrogen) atoms. The van der Waals surface area contributed by atoms with Crippen LogP contribution >= 0.6 is 35.0 Å². The number of hydrogen-bond acceptors (Lipinski definition) is 5. The number of thioether (sulfide) groups is 1. The first-order valence-corrected chi connectivity index (χ1v) is 10.9. The Hall–Kier alpha value is -2.12. The highest BCUT2D eigenvalue weighted by atomic mass is 35.5. The van der Waals surface area contributed by atoms with Crippen molar-refractivity contribution in [1.82, 2.24) is 9.97 Å². The Kier molecular flexibility index (Phi) is 6.06. The molecule has 4 rings (SSSR count). The Labute approximate surface area is 183 Å². The van der Waals surface area contributed by atoms with Crippen LogP contribution < -0.4 is 4.90 Å². The topological polar surface area (TPSA) is 55.3 Å². The summed E-state index contributed by atoms with van der Waals surface area (Å²) >= 11 is 13.6. The summed E-state index contributed by atoms with van der Waals surface area (Å²) in [4.78, 5) is 23.4. The number of ether oxygens (including phenoxy) is 1. The Balaban J connectivity index is 1.84. The first kappa shape index (κ1) is 20.2. The largest absolute Gasteiger partial charge is 0.361 e. The average Bonchev–Trinajstić information content (AvgIpc) is 2.75. The van der Waals surface area contributed by atoms with Gasteiger partial charge in [-0.1, -0.05) is 59.2 Å². The van der Waals surface area contributed by atoms with Gasteiger partial charge in [-0.2, -0.15) is 0 Å². The molecule has 1 aromatic heterocycles. The van der Waals surface area contributed by atoms with Crippen molar-refractivity contribution in [3.63, 3.8) is 0 Å². The number of halogens is 2. The number of aromatic nitrogens is 2. The number of morpholine rings is 1. The fourth-order valence-electron chi connectivity index (χ4n) is 3.36. The van der Waals surface area contributed by atoms with Crippen LogP contribution in [0.2, 0.25) is 10.0 Å². The molecule has 0 N–H and O–H groups in total. The summed E-state index contributed by atoms with van der Waals surface area (Å²) in [6.45, 7) is -0.0456. The van der Waals surface area contributed by atoms with E-state index in [9.17, 15) is 4.79 Å². The molecule has 0 aliphatic carbocycles. The highest BCUT2D eigenvalue weighted by Gasteiger charge is 2.40. The zero-order chi connectivity index (χ0) is 20.4. The van der Waals surface area contributed by atoms with Gasteiger partial charge in [-0.05, 0) is 47.7 Å². The summed E-state index contributed by atoms with van der Waals surface area (Å²) in [5, 5.41) is 1.86. The second kappa shape index (κ2) is 8.71. The normalized spacial score (nSPS) is 19.4. The van der Waals surface area contributed by atoms with Gasteiger partial charge in [0, 0.05) is 16.2 Å². The van der Waals surface area contributed by atoms with E-state index < -0.39 is 6.04 Å². The lowest BCUT2D eigenvalue weighted by molar-refractivity contribution is -0.132. The highest BCUT2D eigenvalue weighted by molar-refractivity contribution is 7.98. The Morgan fingerprint density at radius 2 is 1.62 bits per heavy atom. The predicted octanol–water partition coefficient (Wildman–Crippen LogP) is 5.35. The van der Waals surface area contributed by atoms with Crippen LogP contribution in [-0.2, 0) is 9.53 Å². The summed E-state index contributed by atoms with van der Waals surface area (Å²) in [6, 6.07) is 16.2. The zero-order valence-corrected chi connectivity index (χ0v) is 17.8. The number of benzene rings is 2. The molecule has 2 aromatic carbocycles. The fourth-order valence-corrected chi connectivity index (χ4v) is 3.96. The molecule has 1 aliphatic heterocycles. The third kappa shape index (κ3) is 4.26. The Bertz CT molecular complexity index is 1020. The molecule has 0 radical (unpaired) electrons. The lowest BCUT2D eigenvalue weighted by Gasteiger charge is -2.41. The van der Waals surface area contributed by atoms with Crippen molar-refractivity contribution in [3.05, 3.63) is 82.0 Å². The van der Waals surface area contributed by atoms with Crippen molar-refractivity contribution < 1.29 is 9.53 Å². The van der Waals surface area contributed by atoms with E-state index in [0.717, 1.165) is 11.1 Å². The number of anilines is 1. The van der Waals surface area contributed by atoms with E-state index in [1.165, 1.54) is 11.8 Å². The lowest BCUT2D eigenvalue weighted by Crippen LogP contribution is -2.46. The molecule has 0 saturated carbocycles. The number of amides is 1. The van der Waals surface area contributed by atoms with Crippen LogP contribution in [-0.4, -0.2) is 28.7 Å². The van der Waals surface area contributed by atoms with Crippen molar-refractivity contribution in [2.24, 2.45) is 0 Å². The summed E-state index contributed by atoms with van der Waals surface area (Å²) in [5.41, 5.74) is 1.82. The lowest BCUT2D eigenvalue weighted by atomic mass is 9.92. The van der Waals surface area contributed by atoms with Crippen LogP contribution in [0.1, 0.15) is 23.3 Å². The zero-order valence-electron chi connectivity index (χ0n) is 15.5. The van der Waals surface area contributed by atoms with Crippen LogP contribution in [0.5, 0.6) is 0 Å². The van der Waals surface area contributed by atoms with Crippen molar-refractivity contribution in [2.45, 2.75) is 17.3 Å². The molecule has 2 atom stereocenters. The fraction of sp³-hybridized carbons (Fsp3) is 0.190. The number of carbonyl (C=O) groups is 1.